The van der Waals surface area contributed by atoms with Gasteiger partial charge in [-0.2, -0.15) is 13.2 Å². The van der Waals surface area contributed by atoms with Gasteiger partial charge in [0.1, 0.15) is 28.6 Å². The highest BCUT2D eigenvalue weighted by Gasteiger charge is 2.35. The van der Waals surface area contributed by atoms with E-state index in [0.29, 0.717) is 17.9 Å². The van der Waals surface area contributed by atoms with Crippen molar-refractivity contribution in [2.24, 2.45) is 0 Å². The lowest BCUT2D eigenvalue weighted by molar-refractivity contribution is -0.139. The third kappa shape index (κ3) is 8.73. The van der Waals surface area contributed by atoms with Gasteiger partial charge in [-0.05, 0) is 98.8 Å². The van der Waals surface area contributed by atoms with Crippen molar-refractivity contribution >= 4 is 7.60 Å². The monoisotopic (exact) mass is 582 g/mol. The number of methoxy groups -OCH3 is 1. The molecule has 0 unspecified atom stereocenters. The van der Waals surface area contributed by atoms with Crippen LogP contribution in [0.2, 0.25) is 0 Å². The second-order valence-electron chi connectivity index (χ2n) is 8.88. The van der Waals surface area contributed by atoms with Gasteiger partial charge in [0.05, 0.1) is 13.2 Å². The third-order valence-corrected chi connectivity index (χ3v) is 7.59. The highest BCUT2D eigenvalue weighted by molar-refractivity contribution is 7.53. The molecule has 218 valence electrons. The number of hydrogen-bond donors (Lipinski definition) is 0. The average molecular weight is 583 g/mol. The van der Waals surface area contributed by atoms with E-state index in [4.69, 9.17) is 28.0 Å². The third-order valence-electron chi connectivity index (χ3n) is 5.84. The van der Waals surface area contributed by atoms with Crippen molar-refractivity contribution in [2.45, 2.75) is 40.3 Å². The van der Waals surface area contributed by atoms with Crippen molar-refractivity contribution < 1.29 is 45.7 Å². The average Bonchev–Trinajstić information content (AvgIpc) is 2.89. The van der Waals surface area contributed by atoms with Gasteiger partial charge in [0, 0.05) is 7.11 Å². The first-order valence-corrected chi connectivity index (χ1v) is 14.4. The highest BCUT2D eigenvalue weighted by Crippen LogP contribution is 2.48. The predicted octanol–water partition coefficient (Wildman–Crippen LogP) is 8.29. The summed E-state index contributed by atoms with van der Waals surface area (Å²) in [5, 5.41) is 0. The summed E-state index contributed by atoms with van der Waals surface area (Å²) in [5.74, 6) is 0.661. The smallest absolute Gasteiger partial charge is 0.420 e. The molecule has 0 atom stereocenters. The summed E-state index contributed by atoms with van der Waals surface area (Å²) in [7, 11) is -2.00. The maximum Gasteiger partial charge on any atom is 0.420 e. The molecule has 0 aliphatic rings. The first kappa shape index (κ1) is 31.5. The van der Waals surface area contributed by atoms with Crippen LogP contribution in [0.1, 0.15) is 41.7 Å². The summed E-state index contributed by atoms with van der Waals surface area (Å²) in [4.78, 5) is 0. The molecule has 3 rings (SSSR count). The van der Waals surface area contributed by atoms with E-state index < -0.39 is 19.3 Å². The van der Waals surface area contributed by atoms with Gasteiger partial charge in [0.15, 0.2) is 13.1 Å². The fraction of sp³-hybridized carbons (Fsp3) is 0.379. The number of hydrogen-bond acceptors (Lipinski definition) is 7. The minimum atomic E-state index is -4.62. The van der Waals surface area contributed by atoms with E-state index in [0.717, 1.165) is 28.3 Å². The largest absolute Gasteiger partial charge is 0.481 e. The van der Waals surface area contributed by atoms with Crippen LogP contribution in [-0.4, -0.2) is 33.5 Å². The topological polar surface area (TPSA) is 72.5 Å². The molecule has 0 saturated carbocycles. The quantitative estimate of drug-likeness (QED) is 0.140. The van der Waals surface area contributed by atoms with Crippen LogP contribution < -0.4 is 14.2 Å². The molecule has 0 aromatic heterocycles. The molecule has 0 saturated heterocycles. The van der Waals surface area contributed by atoms with Crippen LogP contribution in [0.15, 0.2) is 54.6 Å². The molecule has 40 heavy (non-hydrogen) atoms. The first-order chi connectivity index (χ1) is 19.0. The molecule has 3 aromatic carbocycles. The molecule has 0 spiro atoms. The normalized spacial score (nSPS) is 11.9. The van der Waals surface area contributed by atoms with E-state index in [1.807, 2.05) is 38.1 Å². The van der Waals surface area contributed by atoms with Gasteiger partial charge in [-0.15, -0.1) is 0 Å². The molecule has 0 aliphatic heterocycles. The van der Waals surface area contributed by atoms with E-state index in [-0.39, 0.29) is 37.9 Å². The summed E-state index contributed by atoms with van der Waals surface area (Å²) in [5.41, 5.74) is 3.13. The second-order valence-corrected chi connectivity index (χ2v) is 10.9. The summed E-state index contributed by atoms with van der Waals surface area (Å²) in [6.07, 6.45) is -4.17. The molecular formula is C29H34F3O7P. The van der Waals surface area contributed by atoms with Gasteiger partial charge < -0.3 is 28.0 Å². The predicted molar refractivity (Wildman–Crippen MR) is 146 cm³/mol. The van der Waals surface area contributed by atoms with Gasteiger partial charge in [0.2, 0.25) is 0 Å². The Hall–Kier alpha value is -3.04. The van der Waals surface area contributed by atoms with Crippen molar-refractivity contribution in [3.05, 3.63) is 82.4 Å². The molecule has 0 bridgehead atoms. The molecule has 0 heterocycles. The Balaban J connectivity index is 1.69. The maximum atomic E-state index is 13.5. The molecule has 0 radical (unpaired) electrons. The molecular weight excluding hydrogens is 548 g/mol. The number of ether oxygens (including phenoxy) is 4. The minimum Gasteiger partial charge on any atom is -0.481 e. The van der Waals surface area contributed by atoms with Gasteiger partial charge in [-0.3, -0.25) is 4.57 Å². The first-order valence-electron chi connectivity index (χ1n) is 12.7. The number of benzene rings is 3. The molecule has 0 N–H and O–H groups in total. The van der Waals surface area contributed by atoms with Crippen molar-refractivity contribution in [1.82, 2.24) is 0 Å². The Bertz CT molecular complexity index is 1280. The van der Waals surface area contributed by atoms with E-state index in [2.05, 4.69) is 0 Å². The SMILES string of the molecule is CCOP(=O)(COc1cc(C)c(Cc2ccc(Oc3ccc(OCOC)c(C(F)(F)F)c3)cc2)c(C)c1)OCC. The summed E-state index contributed by atoms with van der Waals surface area (Å²) in [6.45, 7) is 7.63. The van der Waals surface area contributed by atoms with Crippen molar-refractivity contribution in [3.63, 3.8) is 0 Å². The lowest BCUT2D eigenvalue weighted by atomic mass is 9.96. The van der Waals surface area contributed by atoms with Crippen LogP contribution in [-0.2, 0) is 30.9 Å². The van der Waals surface area contributed by atoms with E-state index in [1.165, 1.54) is 19.2 Å². The number of rotatable bonds is 14. The van der Waals surface area contributed by atoms with Crippen molar-refractivity contribution in [1.29, 1.82) is 0 Å². The molecule has 0 fully saturated rings. The fourth-order valence-corrected chi connectivity index (χ4v) is 5.35. The van der Waals surface area contributed by atoms with Gasteiger partial charge in [-0.25, -0.2) is 0 Å². The van der Waals surface area contributed by atoms with E-state index in [9.17, 15) is 17.7 Å². The van der Waals surface area contributed by atoms with Crippen LogP contribution >= 0.6 is 7.60 Å². The van der Waals surface area contributed by atoms with Crippen LogP contribution in [0, 0.1) is 13.8 Å². The molecule has 7 nitrogen and oxygen atoms in total. The Morgan fingerprint density at radius 1 is 0.800 bits per heavy atom. The van der Waals surface area contributed by atoms with Gasteiger partial charge in [0.25, 0.3) is 0 Å². The molecule has 0 amide bonds. The lowest BCUT2D eigenvalue weighted by Crippen LogP contribution is -2.10. The number of aryl methyl sites for hydroxylation is 2. The summed E-state index contributed by atoms with van der Waals surface area (Å²) in [6, 6.07) is 14.4. The van der Waals surface area contributed by atoms with Crippen LogP contribution in [0.5, 0.6) is 23.0 Å². The zero-order valence-corrected chi connectivity index (χ0v) is 24.1. The molecule has 11 heteroatoms. The van der Waals surface area contributed by atoms with Gasteiger partial charge in [-0.1, -0.05) is 12.1 Å². The summed E-state index contributed by atoms with van der Waals surface area (Å²) < 4.78 is 84.9. The second kappa shape index (κ2) is 14.0. The zero-order valence-electron chi connectivity index (χ0n) is 23.2. The van der Waals surface area contributed by atoms with E-state index in [1.54, 1.807) is 26.0 Å². The lowest BCUT2D eigenvalue weighted by Gasteiger charge is -2.19. The zero-order chi connectivity index (χ0) is 29.3. The van der Waals surface area contributed by atoms with Crippen LogP contribution in [0.25, 0.3) is 0 Å². The number of alkyl halides is 3. The fourth-order valence-electron chi connectivity index (χ4n) is 4.03. The van der Waals surface area contributed by atoms with Crippen LogP contribution in [0.3, 0.4) is 0 Å². The maximum absolute atomic E-state index is 13.5. The standard InChI is InChI=1S/C29H34F3O7P/c1-6-37-40(33,38-7-2)19-36-25-14-20(3)26(21(4)15-25)16-22-8-10-23(11-9-22)39-24-12-13-28(35-18-34-5)27(17-24)29(30,31)32/h8-15,17H,6-7,16,18-19H2,1-5H3. The van der Waals surface area contributed by atoms with Gasteiger partial charge >= 0.3 is 13.8 Å². The Labute approximate surface area is 232 Å². The summed E-state index contributed by atoms with van der Waals surface area (Å²) >= 11 is 0. The Morgan fingerprint density at radius 2 is 1.40 bits per heavy atom. The Kier molecular flexibility index (Phi) is 11.0. The minimum absolute atomic E-state index is 0.0327. The van der Waals surface area contributed by atoms with E-state index >= 15 is 0 Å². The highest BCUT2D eigenvalue weighted by atomic mass is 31.2. The molecule has 3 aromatic rings. The van der Waals surface area contributed by atoms with Crippen molar-refractivity contribution in [2.75, 3.05) is 33.5 Å². The number of halogens is 3. The van der Waals surface area contributed by atoms with Crippen LogP contribution in [0.4, 0.5) is 13.2 Å². The molecule has 0 aliphatic carbocycles. The van der Waals surface area contributed by atoms with Crippen molar-refractivity contribution in [3.8, 4) is 23.0 Å². The Morgan fingerprint density at radius 3 is 1.95 bits per heavy atom.